The van der Waals surface area contributed by atoms with E-state index >= 15 is 0 Å². The van der Waals surface area contributed by atoms with E-state index in [4.69, 9.17) is 9.15 Å². The van der Waals surface area contributed by atoms with Gasteiger partial charge in [0.1, 0.15) is 11.5 Å². The molecule has 0 atom stereocenters. The first-order chi connectivity index (χ1) is 12.3. The zero-order valence-corrected chi connectivity index (χ0v) is 15.8. The highest BCUT2D eigenvalue weighted by Crippen LogP contribution is 2.38. The average Bonchev–Trinajstić information content (AvgIpc) is 2.90. The van der Waals surface area contributed by atoms with Crippen LogP contribution in [0, 0.1) is 12.3 Å². The molecule has 1 amide bonds. The van der Waals surface area contributed by atoms with Gasteiger partial charge in [0.25, 0.3) is 5.91 Å². The van der Waals surface area contributed by atoms with Crippen LogP contribution in [-0.2, 0) is 12.8 Å². The number of ether oxygens (including phenoxy) is 1. The van der Waals surface area contributed by atoms with Crippen LogP contribution in [-0.4, -0.2) is 25.3 Å². The van der Waals surface area contributed by atoms with Crippen molar-refractivity contribution in [2.45, 2.75) is 40.0 Å². The lowest BCUT2D eigenvalue weighted by Gasteiger charge is -2.27. The zero-order chi connectivity index (χ0) is 18.9. The topological polar surface area (TPSA) is 68.5 Å². The summed E-state index contributed by atoms with van der Waals surface area (Å²) in [5.41, 5.74) is 2.14. The molecule has 0 spiro atoms. The second-order valence-corrected chi connectivity index (χ2v) is 7.61. The first kappa shape index (κ1) is 18.2. The van der Waals surface area contributed by atoms with Crippen LogP contribution >= 0.6 is 0 Å². The lowest BCUT2D eigenvalue weighted by Crippen LogP contribution is -2.26. The van der Waals surface area contributed by atoms with E-state index in [2.05, 4.69) is 5.32 Å². The van der Waals surface area contributed by atoms with Crippen LogP contribution in [0.4, 0.5) is 0 Å². The van der Waals surface area contributed by atoms with E-state index in [1.165, 1.54) is 0 Å². The number of Topliss-reactive ketones (excluding diaryl/α,β-unsaturated/α-hetero) is 1. The maximum absolute atomic E-state index is 12.5. The Balaban J connectivity index is 1.70. The normalized spacial score (nSPS) is 15.5. The quantitative estimate of drug-likeness (QED) is 0.887. The number of carbonyl (C=O) groups is 2. The summed E-state index contributed by atoms with van der Waals surface area (Å²) in [6.07, 6.45) is 1.81. The van der Waals surface area contributed by atoms with Crippen molar-refractivity contribution in [2.24, 2.45) is 5.41 Å². The first-order valence-corrected chi connectivity index (χ1v) is 8.88. The van der Waals surface area contributed by atoms with E-state index in [0.29, 0.717) is 42.7 Å². The van der Waals surface area contributed by atoms with Gasteiger partial charge in [0.2, 0.25) is 0 Å². The number of ketones is 1. The third-order valence-corrected chi connectivity index (χ3v) is 4.86. The number of nitrogens with one attached hydrogen (secondary N) is 1. The number of hydrogen-bond donors (Lipinski definition) is 1. The van der Waals surface area contributed by atoms with Crippen molar-refractivity contribution in [1.82, 2.24) is 5.32 Å². The number of benzene rings is 1. The fourth-order valence-corrected chi connectivity index (χ4v) is 3.60. The van der Waals surface area contributed by atoms with Crippen LogP contribution in [0.15, 0.2) is 28.7 Å². The molecule has 138 valence electrons. The summed E-state index contributed by atoms with van der Waals surface area (Å²) in [4.78, 5) is 25.0. The molecule has 5 nitrogen and oxygen atoms in total. The molecule has 5 heteroatoms. The summed E-state index contributed by atoms with van der Waals surface area (Å²) in [6.45, 7) is 6.33. The maximum atomic E-state index is 12.5. The number of hydrogen-bond acceptors (Lipinski definition) is 4. The minimum Gasteiger partial charge on any atom is -0.496 e. The molecular formula is C21H25NO4. The van der Waals surface area contributed by atoms with E-state index in [9.17, 15) is 9.59 Å². The lowest BCUT2D eigenvalue weighted by molar-refractivity contribution is 0.0889. The molecule has 0 unspecified atom stereocenters. The molecule has 0 radical (unpaired) electrons. The molecule has 0 saturated heterocycles. The van der Waals surface area contributed by atoms with Crippen LogP contribution in [0.5, 0.6) is 5.75 Å². The Hall–Kier alpha value is -2.56. The summed E-state index contributed by atoms with van der Waals surface area (Å²) in [5.74, 6) is 1.47. The Labute approximate surface area is 153 Å². The number of amides is 1. The van der Waals surface area contributed by atoms with Crippen molar-refractivity contribution in [2.75, 3.05) is 13.7 Å². The molecule has 1 aliphatic carbocycles. The second kappa shape index (κ2) is 6.98. The van der Waals surface area contributed by atoms with Gasteiger partial charge in [-0.25, -0.2) is 0 Å². The van der Waals surface area contributed by atoms with Gasteiger partial charge in [0, 0.05) is 24.9 Å². The van der Waals surface area contributed by atoms with E-state index in [0.717, 1.165) is 11.3 Å². The van der Waals surface area contributed by atoms with Gasteiger partial charge in [-0.1, -0.05) is 32.0 Å². The predicted octanol–water partition coefficient (Wildman–Crippen LogP) is 3.72. The predicted molar refractivity (Wildman–Crippen MR) is 98.9 cm³/mol. The minimum atomic E-state index is -0.280. The van der Waals surface area contributed by atoms with Gasteiger partial charge >= 0.3 is 0 Å². The first-order valence-electron chi connectivity index (χ1n) is 8.88. The van der Waals surface area contributed by atoms with Crippen molar-refractivity contribution in [3.8, 4) is 5.75 Å². The van der Waals surface area contributed by atoms with Crippen molar-refractivity contribution in [3.05, 3.63) is 52.5 Å². The molecule has 1 aliphatic rings. The molecule has 0 saturated carbocycles. The van der Waals surface area contributed by atoms with Crippen molar-refractivity contribution < 1.29 is 18.7 Å². The Morgan fingerprint density at radius 2 is 2.00 bits per heavy atom. The average molecular weight is 355 g/mol. The fraction of sp³-hybridized carbons (Fsp3) is 0.429. The van der Waals surface area contributed by atoms with Gasteiger partial charge in [-0.2, -0.15) is 0 Å². The standard InChI is InChI=1S/C21H25NO4/c1-13-18-15(23)11-21(2,3)12-17(18)26-19(13)20(24)22-10-9-14-7-5-6-8-16(14)25-4/h5-8H,9-12H2,1-4H3,(H,22,24). The monoisotopic (exact) mass is 355 g/mol. The molecule has 1 aromatic carbocycles. The molecule has 2 aromatic rings. The SMILES string of the molecule is COc1ccccc1CCNC(=O)c1oc2c(c1C)C(=O)CC(C)(C)C2. The number of carbonyl (C=O) groups excluding carboxylic acids is 2. The van der Waals surface area contributed by atoms with Crippen LogP contribution in [0.2, 0.25) is 0 Å². The third kappa shape index (κ3) is 3.52. The van der Waals surface area contributed by atoms with Crippen LogP contribution in [0.3, 0.4) is 0 Å². The second-order valence-electron chi connectivity index (χ2n) is 7.61. The summed E-state index contributed by atoms with van der Waals surface area (Å²) in [6, 6.07) is 7.73. The van der Waals surface area contributed by atoms with Gasteiger partial charge in [0.05, 0.1) is 12.7 Å². The zero-order valence-electron chi connectivity index (χ0n) is 15.8. The molecular weight excluding hydrogens is 330 g/mol. The Kier molecular flexibility index (Phi) is 4.90. The van der Waals surface area contributed by atoms with Gasteiger partial charge in [-0.3, -0.25) is 9.59 Å². The van der Waals surface area contributed by atoms with Gasteiger partial charge in [0.15, 0.2) is 11.5 Å². The summed E-state index contributed by atoms with van der Waals surface area (Å²) >= 11 is 0. The molecule has 3 rings (SSSR count). The van der Waals surface area contributed by atoms with E-state index in [1.54, 1.807) is 14.0 Å². The highest BCUT2D eigenvalue weighted by Gasteiger charge is 2.36. The summed E-state index contributed by atoms with van der Waals surface area (Å²) in [5, 5.41) is 2.88. The Morgan fingerprint density at radius 1 is 1.27 bits per heavy atom. The van der Waals surface area contributed by atoms with Gasteiger partial charge < -0.3 is 14.5 Å². The molecule has 0 fully saturated rings. The highest BCUT2D eigenvalue weighted by molar-refractivity contribution is 6.03. The number of rotatable bonds is 5. The number of para-hydroxylation sites is 1. The van der Waals surface area contributed by atoms with E-state index < -0.39 is 0 Å². The third-order valence-electron chi connectivity index (χ3n) is 4.86. The number of fused-ring (bicyclic) bond motifs is 1. The maximum Gasteiger partial charge on any atom is 0.287 e. The molecule has 26 heavy (non-hydrogen) atoms. The van der Waals surface area contributed by atoms with E-state index in [1.807, 2.05) is 38.1 Å². The van der Waals surface area contributed by atoms with E-state index in [-0.39, 0.29) is 22.9 Å². The van der Waals surface area contributed by atoms with Gasteiger partial charge in [-0.05, 0) is 30.4 Å². The summed E-state index contributed by atoms with van der Waals surface area (Å²) in [7, 11) is 1.63. The Morgan fingerprint density at radius 3 is 2.73 bits per heavy atom. The van der Waals surface area contributed by atoms with Gasteiger partial charge in [-0.15, -0.1) is 0 Å². The Bertz CT molecular complexity index is 848. The minimum absolute atomic E-state index is 0.0607. The fourth-order valence-electron chi connectivity index (χ4n) is 3.60. The van der Waals surface area contributed by atoms with Crippen LogP contribution < -0.4 is 10.1 Å². The highest BCUT2D eigenvalue weighted by atomic mass is 16.5. The van der Waals surface area contributed by atoms with Crippen molar-refractivity contribution in [3.63, 3.8) is 0 Å². The number of furan rings is 1. The molecule has 1 heterocycles. The molecule has 1 N–H and O–H groups in total. The smallest absolute Gasteiger partial charge is 0.287 e. The number of methoxy groups -OCH3 is 1. The molecule has 0 aliphatic heterocycles. The van der Waals surface area contributed by atoms with Crippen molar-refractivity contribution in [1.29, 1.82) is 0 Å². The molecule has 0 bridgehead atoms. The summed E-state index contributed by atoms with van der Waals surface area (Å²) < 4.78 is 11.1. The van der Waals surface area contributed by atoms with Crippen molar-refractivity contribution >= 4 is 11.7 Å². The van der Waals surface area contributed by atoms with Crippen LogP contribution in [0.1, 0.15) is 58.1 Å². The largest absolute Gasteiger partial charge is 0.496 e. The van der Waals surface area contributed by atoms with Crippen LogP contribution in [0.25, 0.3) is 0 Å². The lowest BCUT2D eigenvalue weighted by atomic mass is 9.76. The molecule has 1 aromatic heterocycles.